The van der Waals surface area contributed by atoms with Gasteiger partial charge in [-0.15, -0.1) is 0 Å². The number of nitrogens with one attached hydrogen (secondary N) is 1. The molecule has 0 spiro atoms. The van der Waals surface area contributed by atoms with Gasteiger partial charge in [0.25, 0.3) is 5.69 Å². The molecule has 2 rings (SSSR count). The molecule has 2 aromatic carbocycles. The highest BCUT2D eigenvalue weighted by Gasteiger charge is 2.12. The van der Waals surface area contributed by atoms with Crippen molar-refractivity contribution in [2.24, 2.45) is 0 Å². The van der Waals surface area contributed by atoms with Crippen LogP contribution in [0.25, 0.3) is 0 Å². The van der Waals surface area contributed by atoms with Gasteiger partial charge in [0.1, 0.15) is 17.3 Å². The van der Waals surface area contributed by atoms with Gasteiger partial charge in [-0.05, 0) is 24.3 Å². The number of hydrogen-bond acceptors (Lipinski definition) is 3. The zero-order valence-electron chi connectivity index (χ0n) is 9.77. The second-order valence-electron chi connectivity index (χ2n) is 3.86. The van der Waals surface area contributed by atoms with Gasteiger partial charge in [0, 0.05) is 18.2 Å². The Bertz CT molecular complexity index is 617. The molecule has 0 bridgehead atoms. The zero-order valence-corrected chi connectivity index (χ0v) is 9.77. The van der Waals surface area contributed by atoms with E-state index in [0.717, 1.165) is 18.2 Å². The lowest BCUT2D eigenvalue weighted by Crippen LogP contribution is -2.04. The van der Waals surface area contributed by atoms with Gasteiger partial charge in [-0.3, -0.25) is 10.1 Å². The van der Waals surface area contributed by atoms with Crippen molar-refractivity contribution in [3.63, 3.8) is 0 Å². The maximum Gasteiger partial charge on any atom is 0.292 e. The fraction of sp³-hybridized carbons (Fsp3) is 0.0769. The highest BCUT2D eigenvalue weighted by molar-refractivity contribution is 5.61. The first-order valence-electron chi connectivity index (χ1n) is 5.49. The highest BCUT2D eigenvalue weighted by atomic mass is 19.1. The van der Waals surface area contributed by atoms with E-state index >= 15 is 0 Å². The summed E-state index contributed by atoms with van der Waals surface area (Å²) in [6.07, 6.45) is 0. The summed E-state index contributed by atoms with van der Waals surface area (Å²) in [5, 5.41) is 13.5. The molecule has 0 heterocycles. The summed E-state index contributed by atoms with van der Waals surface area (Å²) in [6.45, 7) is -0.0333. The monoisotopic (exact) mass is 264 g/mol. The predicted octanol–water partition coefficient (Wildman–Crippen LogP) is 3.49. The Morgan fingerprint density at radius 1 is 1.16 bits per heavy atom. The molecule has 0 unspecified atom stereocenters. The van der Waals surface area contributed by atoms with Crippen LogP contribution >= 0.6 is 0 Å². The normalized spacial score (nSPS) is 10.2. The van der Waals surface area contributed by atoms with Crippen molar-refractivity contribution < 1.29 is 13.7 Å². The Balaban J connectivity index is 2.19. The lowest BCUT2D eigenvalue weighted by Gasteiger charge is -2.08. The van der Waals surface area contributed by atoms with Crippen LogP contribution in [-0.4, -0.2) is 4.92 Å². The SMILES string of the molecule is O=[N+]([O-])c1ccccc1NCc1cc(F)ccc1F. The van der Waals surface area contributed by atoms with E-state index in [4.69, 9.17) is 0 Å². The van der Waals surface area contributed by atoms with E-state index < -0.39 is 16.6 Å². The fourth-order valence-electron chi connectivity index (χ4n) is 1.65. The standard InChI is InChI=1S/C13H10F2N2O2/c14-10-5-6-11(15)9(7-10)8-16-12-3-1-2-4-13(12)17(18)19/h1-7,16H,8H2. The molecule has 0 amide bonds. The van der Waals surface area contributed by atoms with Crippen molar-refractivity contribution in [1.29, 1.82) is 0 Å². The van der Waals surface area contributed by atoms with E-state index in [1.54, 1.807) is 6.07 Å². The average molecular weight is 264 g/mol. The van der Waals surface area contributed by atoms with E-state index in [9.17, 15) is 18.9 Å². The number of nitro groups is 1. The molecular weight excluding hydrogens is 254 g/mol. The van der Waals surface area contributed by atoms with Crippen molar-refractivity contribution >= 4 is 11.4 Å². The summed E-state index contributed by atoms with van der Waals surface area (Å²) in [5.41, 5.74) is 0.258. The molecule has 0 atom stereocenters. The summed E-state index contributed by atoms with van der Waals surface area (Å²) in [6, 6.07) is 9.09. The van der Waals surface area contributed by atoms with Crippen LogP contribution in [0.3, 0.4) is 0 Å². The lowest BCUT2D eigenvalue weighted by molar-refractivity contribution is -0.384. The van der Waals surface area contributed by atoms with Crippen LogP contribution in [0.5, 0.6) is 0 Å². The van der Waals surface area contributed by atoms with Gasteiger partial charge in [-0.1, -0.05) is 12.1 Å². The molecule has 0 aliphatic heterocycles. The van der Waals surface area contributed by atoms with Crippen LogP contribution in [0.2, 0.25) is 0 Å². The fourth-order valence-corrected chi connectivity index (χ4v) is 1.65. The Hall–Kier alpha value is -2.50. The second-order valence-corrected chi connectivity index (χ2v) is 3.86. The van der Waals surface area contributed by atoms with Gasteiger partial charge in [0.2, 0.25) is 0 Å². The summed E-state index contributed by atoms with van der Waals surface area (Å²) < 4.78 is 26.4. The van der Waals surface area contributed by atoms with Gasteiger partial charge < -0.3 is 5.32 Å². The van der Waals surface area contributed by atoms with E-state index in [1.165, 1.54) is 18.2 Å². The van der Waals surface area contributed by atoms with Crippen molar-refractivity contribution in [3.05, 3.63) is 69.8 Å². The number of anilines is 1. The maximum absolute atomic E-state index is 13.4. The van der Waals surface area contributed by atoms with Crippen molar-refractivity contribution in [3.8, 4) is 0 Å². The van der Waals surface area contributed by atoms with Crippen LogP contribution in [0.1, 0.15) is 5.56 Å². The topological polar surface area (TPSA) is 55.2 Å². The number of nitro benzene ring substituents is 1. The first kappa shape index (κ1) is 12.9. The Kier molecular flexibility index (Phi) is 3.70. The second kappa shape index (κ2) is 5.43. The Labute approximate surface area is 107 Å². The highest BCUT2D eigenvalue weighted by Crippen LogP contribution is 2.24. The van der Waals surface area contributed by atoms with Crippen molar-refractivity contribution in [2.45, 2.75) is 6.54 Å². The molecule has 0 saturated heterocycles. The number of para-hydroxylation sites is 2. The van der Waals surface area contributed by atoms with Gasteiger partial charge in [0.15, 0.2) is 0 Å². The molecule has 0 aromatic heterocycles. The summed E-state index contributed by atoms with van der Waals surface area (Å²) >= 11 is 0. The molecule has 0 aliphatic carbocycles. The van der Waals surface area contributed by atoms with Crippen molar-refractivity contribution in [1.82, 2.24) is 0 Å². The maximum atomic E-state index is 13.4. The van der Waals surface area contributed by atoms with Crippen LogP contribution in [0.4, 0.5) is 20.2 Å². The molecule has 98 valence electrons. The minimum atomic E-state index is -0.563. The van der Waals surface area contributed by atoms with Crippen LogP contribution < -0.4 is 5.32 Å². The molecule has 6 heteroatoms. The third-order valence-electron chi connectivity index (χ3n) is 2.58. The van der Waals surface area contributed by atoms with E-state index in [2.05, 4.69) is 5.32 Å². The van der Waals surface area contributed by atoms with Gasteiger partial charge >= 0.3 is 0 Å². The molecule has 4 nitrogen and oxygen atoms in total. The van der Waals surface area contributed by atoms with Crippen LogP contribution in [-0.2, 0) is 6.54 Å². The number of benzene rings is 2. The summed E-state index contributed by atoms with van der Waals surface area (Å²) in [4.78, 5) is 10.2. The van der Waals surface area contributed by atoms with E-state index in [-0.39, 0.29) is 23.5 Å². The Morgan fingerprint density at radius 2 is 1.89 bits per heavy atom. The number of rotatable bonds is 4. The summed E-state index contributed by atoms with van der Waals surface area (Å²) in [5.74, 6) is -1.12. The first-order chi connectivity index (χ1) is 9.08. The molecular formula is C13H10F2N2O2. The predicted molar refractivity (Wildman–Crippen MR) is 66.8 cm³/mol. The molecule has 0 aliphatic rings. The van der Waals surface area contributed by atoms with Crippen molar-refractivity contribution in [2.75, 3.05) is 5.32 Å². The minimum absolute atomic E-state index is 0.0333. The third-order valence-corrected chi connectivity index (χ3v) is 2.58. The van der Waals surface area contributed by atoms with E-state index in [0.29, 0.717) is 0 Å². The summed E-state index contributed by atoms with van der Waals surface area (Å²) in [7, 11) is 0. The zero-order chi connectivity index (χ0) is 13.8. The average Bonchev–Trinajstić information content (AvgIpc) is 2.40. The molecule has 19 heavy (non-hydrogen) atoms. The van der Waals surface area contributed by atoms with Crippen LogP contribution in [0.15, 0.2) is 42.5 Å². The number of halogens is 2. The van der Waals surface area contributed by atoms with Gasteiger partial charge in [0.05, 0.1) is 4.92 Å². The molecule has 0 radical (unpaired) electrons. The lowest BCUT2D eigenvalue weighted by atomic mass is 10.2. The molecule has 0 fully saturated rings. The van der Waals surface area contributed by atoms with Gasteiger partial charge in [-0.25, -0.2) is 8.78 Å². The smallest absolute Gasteiger partial charge is 0.292 e. The Morgan fingerprint density at radius 3 is 2.63 bits per heavy atom. The number of hydrogen-bond donors (Lipinski definition) is 1. The third kappa shape index (κ3) is 3.04. The quantitative estimate of drug-likeness (QED) is 0.679. The van der Waals surface area contributed by atoms with Gasteiger partial charge in [-0.2, -0.15) is 0 Å². The molecule has 2 aromatic rings. The van der Waals surface area contributed by atoms with Crippen LogP contribution in [0, 0.1) is 21.7 Å². The first-order valence-corrected chi connectivity index (χ1v) is 5.49. The largest absolute Gasteiger partial charge is 0.375 e. The minimum Gasteiger partial charge on any atom is -0.375 e. The molecule has 0 saturated carbocycles. The van der Waals surface area contributed by atoms with E-state index in [1.807, 2.05) is 0 Å². The molecule has 1 N–H and O–H groups in total. The number of nitrogens with zero attached hydrogens (tertiary/aromatic N) is 1.